The van der Waals surface area contributed by atoms with Crippen molar-refractivity contribution in [2.24, 2.45) is 0 Å². The summed E-state index contributed by atoms with van der Waals surface area (Å²) in [4.78, 5) is 12.2. The van der Waals surface area contributed by atoms with E-state index in [-0.39, 0.29) is 12.4 Å². The summed E-state index contributed by atoms with van der Waals surface area (Å²) in [6, 6.07) is 8.84. The van der Waals surface area contributed by atoms with Gasteiger partial charge in [0.2, 0.25) is 5.78 Å². The summed E-state index contributed by atoms with van der Waals surface area (Å²) in [5.41, 5.74) is 3.61. The maximum Gasteiger partial charge on any atom is 0.201 e. The first-order chi connectivity index (χ1) is 9.90. The van der Waals surface area contributed by atoms with Crippen molar-refractivity contribution in [2.75, 3.05) is 6.61 Å². The van der Waals surface area contributed by atoms with Gasteiger partial charge in [-0.25, -0.2) is 0 Å². The lowest BCUT2D eigenvalue weighted by atomic mass is 10.1. The van der Waals surface area contributed by atoms with Crippen LogP contribution in [0.4, 0.5) is 0 Å². The average Bonchev–Trinajstić information content (AvgIpc) is 2.43. The fourth-order valence-corrected chi connectivity index (χ4v) is 2.59. The first-order valence-electron chi connectivity index (χ1n) is 6.58. The fraction of sp³-hybridized carbons (Fsp3) is 0.235. The Morgan fingerprint density at radius 1 is 1.05 bits per heavy atom. The summed E-state index contributed by atoms with van der Waals surface area (Å²) in [7, 11) is 0. The molecule has 2 rings (SSSR count). The van der Waals surface area contributed by atoms with Crippen molar-refractivity contribution in [3.63, 3.8) is 0 Å². The van der Waals surface area contributed by atoms with E-state index >= 15 is 0 Å². The molecular formula is C17H16Cl2O2. The molecule has 0 unspecified atom stereocenters. The van der Waals surface area contributed by atoms with Gasteiger partial charge in [-0.3, -0.25) is 4.79 Å². The van der Waals surface area contributed by atoms with Crippen molar-refractivity contribution in [2.45, 2.75) is 20.8 Å². The second-order valence-corrected chi connectivity index (χ2v) is 5.83. The number of ether oxygens (including phenoxy) is 1. The van der Waals surface area contributed by atoms with Crippen molar-refractivity contribution in [3.05, 3.63) is 62.6 Å². The molecule has 0 aliphatic rings. The topological polar surface area (TPSA) is 26.3 Å². The molecule has 0 fully saturated rings. The Labute approximate surface area is 134 Å². The van der Waals surface area contributed by atoms with E-state index in [2.05, 4.69) is 0 Å². The SMILES string of the molecule is Cc1ccc(C)c(OCC(=O)c2ccc(Cl)cc2Cl)c1C. The number of carbonyl (C=O) groups is 1. The summed E-state index contributed by atoms with van der Waals surface area (Å²) in [5, 5.41) is 0.844. The summed E-state index contributed by atoms with van der Waals surface area (Å²) in [5.74, 6) is 0.588. The van der Waals surface area contributed by atoms with Gasteiger partial charge in [0.05, 0.1) is 5.02 Å². The van der Waals surface area contributed by atoms with Crippen LogP contribution in [0.1, 0.15) is 27.0 Å². The number of hydrogen-bond acceptors (Lipinski definition) is 2. The highest BCUT2D eigenvalue weighted by molar-refractivity contribution is 6.36. The van der Waals surface area contributed by atoms with Crippen LogP contribution < -0.4 is 4.74 Å². The third-order valence-corrected chi connectivity index (χ3v) is 4.00. The second kappa shape index (κ2) is 6.50. The Kier molecular flexibility index (Phi) is 4.92. The van der Waals surface area contributed by atoms with E-state index in [0.29, 0.717) is 15.6 Å². The van der Waals surface area contributed by atoms with E-state index in [9.17, 15) is 4.79 Å². The molecule has 0 atom stereocenters. The Hall–Kier alpha value is -1.51. The molecule has 2 nitrogen and oxygen atoms in total. The summed E-state index contributed by atoms with van der Waals surface area (Å²) >= 11 is 11.9. The Balaban J connectivity index is 2.17. The van der Waals surface area contributed by atoms with Crippen LogP contribution >= 0.6 is 23.2 Å². The minimum atomic E-state index is -0.169. The van der Waals surface area contributed by atoms with Crippen LogP contribution in [0.5, 0.6) is 5.75 Å². The van der Waals surface area contributed by atoms with E-state index in [1.807, 2.05) is 32.9 Å². The maximum atomic E-state index is 12.2. The molecule has 0 aromatic heterocycles. The lowest BCUT2D eigenvalue weighted by molar-refractivity contribution is 0.0921. The van der Waals surface area contributed by atoms with Crippen LogP contribution in [0.25, 0.3) is 0 Å². The first-order valence-corrected chi connectivity index (χ1v) is 7.33. The zero-order valence-electron chi connectivity index (χ0n) is 12.2. The van der Waals surface area contributed by atoms with E-state index in [1.54, 1.807) is 18.2 Å². The molecule has 0 saturated carbocycles. The molecule has 0 bridgehead atoms. The van der Waals surface area contributed by atoms with Gasteiger partial charge < -0.3 is 4.74 Å². The van der Waals surface area contributed by atoms with Gasteiger partial charge in [-0.05, 0) is 55.7 Å². The van der Waals surface area contributed by atoms with Crippen LogP contribution in [0.15, 0.2) is 30.3 Å². The third kappa shape index (κ3) is 3.58. The van der Waals surface area contributed by atoms with E-state index in [1.165, 1.54) is 0 Å². The molecule has 110 valence electrons. The number of aryl methyl sites for hydroxylation is 2. The van der Waals surface area contributed by atoms with Gasteiger partial charge >= 0.3 is 0 Å². The quantitative estimate of drug-likeness (QED) is 0.725. The standard InChI is InChI=1S/C17H16Cl2O2/c1-10-4-5-11(2)17(12(10)3)21-9-16(20)14-7-6-13(18)8-15(14)19/h4-8H,9H2,1-3H3. The van der Waals surface area contributed by atoms with Gasteiger partial charge in [-0.2, -0.15) is 0 Å². The molecule has 2 aromatic rings. The smallest absolute Gasteiger partial charge is 0.201 e. The Morgan fingerprint density at radius 3 is 2.38 bits per heavy atom. The highest BCUT2D eigenvalue weighted by Crippen LogP contribution is 2.26. The predicted octanol–water partition coefficient (Wildman–Crippen LogP) is 5.18. The second-order valence-electron chi connectivity index (χ2n) is 4.99. The van der Waals surface area contributed by atoms with Crippen LogP contribution in [0.2, 0.25) is 10.0 Å². The van der Waals surface area contributed by atoms with Gasteiger partial charge in [0, 0.05) is 10.6 Å². The van der Waals surface area contributed by atoms with Crippen LogP contribution in [-0.4, -0.2) is 12.4 Å². The number of rotatable bonds is 4. The number of hydrogen-bond donors (Lipinski definition) is 0. The van der Waals surface area contributed by atoms with Crippen molar-refractivity contribution >= 4 is 29.0 Å². The van der Waals surface area contributed by atoms with Gasteiger partial charge in [0.15, 0.2) is 6.61 Å². The van der Waals surface area contributed by atoms with Gasteiger partial charge in [-0.1, -0.05) is 35.3 Å². The van der Waals surface area contributed by atoms with Gasteiger partial charge in [0.1, 0.15) is 5.75 Å². The van der Waals surface area contributed by atoms with Crippen molar-refractivity contribution in [1.82, 2.24) is 0 Å². The van der Waals surface area contributed by atoms with Crippen LogP contribution in [-0.2, 0) is 0 Å². The van der Waals surface area contributed by atoms with E-state index < -0.39 is 0 Å². The highest BCUT2D eigenvalue weighted by Gasteiger charge is 2.13. The summed E-state index contributed by atoms with van der Waals surface area (Å²) in [6.07, 6.45) is 0. The number of benzene rings is 2. The van der Waals surface area contributed by atoms with E-state index in [4.69, 9.17) is 27.9 Å². The number of halogens is 2. The van der Waals surface area contributed by atoms with Crippen LogP contribution in [0, 0.1) is 20.8 Å². The molecule has 0 saturated heterocycles. The maximum absolute atomic E-state index is 12.2. The number of Topliss-reactive ketones (excluding diaryl/α,β-unsaturated/α-hetero) is 1. The summed E-state index contributed by atoms with van der Waals surface area (Å²) < 4.78 is 5.71. The molecule has 0 aliphatic heterocycles. The lowest BCUT2D eigenvalue weighted by Gasteiger charge is -2.13. The molecule has 0 spiro atoms. The molecule has 0 amide bonds. The predicted molar refractivity (Wildman–Crippen MR) is 86.9 cm³/mol. The average molecular weight is 323 g/mol. The highest BCUT2D eigenvalue weighted by atomic mass is 35.5. The number of carbonyl (C=O) groups excluding carboxylic acids is 1. The molecule has 0 aliphatic carbocycles. The largest absolute Gasteiger partial charge is 0.485 e. The van der Waals surface area contributed by atoms with Gasteiger partial charge in [0.25, 0.3) is 0 Å². The minimum Gasteiger partial charge on any atom is -0.485 e. The zero-order chi connectivity index (χ0) is 15.6. The third-order valence-electron chi connectivity index (χ3n) is 3.45. The monoisotopic (exact) mass is 322 g/mol. The molecule has 2 aromatic carbocycles. The lowest BCUT2D eigenvalue weighted by Crippen LogP contribution is -2.13. The Bertz CT molecular complexity index is 693. The van der Waals surface area contributed by atoms with Crippen molar-refractivity contribution in [3.8, 4) is 5.75 Å². The molecule has 4 heteroatoms. The number of ketones is 1. The van der Waals surface area contributed by atoms with E-state index in [0.717, 1.165) is 22.4 Å². The minimum absolute atomic E-state index is 0.0491. The molecule has 0 N–H and O–H groups in total. The Morgan fingerprint density at radius 2 is 1.71 bits per heavy atom. The van der Waals surface area contributed by atoms with Crippen LogP contribution in [0.3, 0.4) is 0 Å². The molecule has 0 radical (unpaired) electrons. The van der Waals surface area contributed by atoms with Crippen molar-refractivity contribution in [1.29, 1.82) is 0 Å². The molecular weight excluding hydrogens is 307 g/mol. The first kappa shape index (κ1) is 15.9. The van der Waals surface area contributed by atoms with Gasteiger partial charge in [-0.15, -0.1) is 0 Å². The normalized spacial score (nSPS) is 10.5. The molecule has 0 heterocycles. The van der Waals surface area contributed by atoms with Crippen molar-refractivity contribution < 1.29 is 9.53 Å². The fourth-order valence-electron chi connectivity index (χ4n) is 2.08. The molecule has 21 heavy (non-hydrogen) atoms. The summed E-state index contributed by atoms with van der Waals surface area (Å²) in [6.45, 7) is 5.91. The zero-order valence-corrected chi connectivity index (χ0v) is 13.7.